The Morgan fingerprint density at radius 2 is 1.69 bits per heavy atom. The third kappa shape index (κ3) is 13.5. The third-order valence-electron chi connectivity index (χ3n) is 3.41. The summed E-state index contributed by atoms with van der Waals surface area (Å²) in [5.41, 5.74) is 10.5. The Morgan fingerprint density at radius 1 is 1.08 bits per heavy atom. The molecule has 0 aromatic heterocycles. The number of aldehydes is 1. The van der Waals surface area contributed by atoms with Gasteiger partial charge in [0.15, 0.2) is 5.96 Å². The van der Waals surface area contributed by atoms with E-state index in [-0.39, 0.29) is 42.0 Å². The van der Waals surface area contributed by atoms with Crippen molar-refractivity contribution in [2.24, 2.45) is 28.3 Å². The van der Waals surface area contributed by atoms with Crippen LogP contribution in [0.4, 0.5) is 0 Å². The molecule has 8 nitrogen and oxygen atoms in total. The Bertz CT molecular complexity index is 465. The van der Waals surface area contributed by atoms with Crippen LogP contribution in [0.3, 0.4) is 0 Å². The lowest BCUT2D eigenvalue weighted by Gasteiger charge is -2.22. The maximum atomic E-state index is 12.5. The first-order chi connectivity index (χ1) is 11.6. The summed E-state index contributed by atoms with van der Waals surface area (Å²) >= 11 is 0. The van der Waals surface area contributed by atoms with Crippen LogP contribution in [0.1, 0.15) is 53.4 Å². The lowest BCUT2D eigenvalue weighted by atomic mass is 10.0. The number of guanidine groups is 1. The van der Waals surface area contributed by atoms with E-state index in [2.05, 4.69) is 15.6 Å². The van der Waals surface area contributed by atoms with Crippen LogP contribution in [0.2, 0.25) is 0 Å². The first-order valence-electron chi connectivity index (χ1n) is 8.76. The van der Waals surface area contributed by atoms with E-state index in [1.165, 1.54) is 0 Å². The predicted molar refractivity (Wildman–Crippen MR) is 106 cm³/mol. The quantitative estimate of drug-likeness (QED) is 0.168. The molecule has 0 aliphatic rings. The number of nitrogens with one attached hydrogen (secondary N) is 2. The molecule has 0 aliphatic carbocycles. The smallest absolute Gasteiger partial charge is 0.243 e. The van der Waals surface area contributed by atoms with Gasteiger partial charge in [-0.2, -0.15) is 0 Å². The second kappa shape index (κ2) is 14.4. The highest BCUT2D eigenvalue weighted by atomic mass is 35.5. The number of carbonyl (C=O) groups is 3. The van der Waals surface area contributed by atoms with Crippen molar-refractivity contribution in [1.82, 2.24) is 10.6 Å². The van der Waals surface area contributed by atoms with Crippen LogP contribution in [-0.2, 0) is 14.4 Å². The minimum atomic E-state index is -0.647. The summed E-state index contributed by atoms with van der Waals surface area (Å²) in [6.07, 6.45) is 2.55. The van der Waals surface area contributed by atoms with Gasteiger partial charge in [0.1, 0.15) is 12.3 Å². The van der Waals surface area contributed by atoms with Gasteiger partial charge in [-0.1, -0.05) is 27.7 Å². The molecule has 0 saturated heterocycles. The van der Waals surface area contributed by atoms with Crippen molar-refractivity contribution < 1.29 is 14.4 Å². The van der Waals surface area contributed by atoms with Gasteiger partial charge in [-0.3, -0.25) is 14.6 Å². The molecule has 6 N–H and O–H groups in total. The number of amides is 2. The van der Waals surface area contributed by atoms with Crippen LogP contribution in [0.15, 0.2) is 4.99 Å². The highest BCUT2D eigenvalue weighted by molar-refractivity contribution is 5.89. The monoisotopic (exact) mass is 391 g/mol. The number of rotatable bonds is 12. The second-order valence-electron chi connectivity index (χ2n) is 7.05. The number of hydrogen-bond acceptors (Lipinski definition) is 4. The Labute approximate surface area is 162 Å². The summed E-state index contributed by atoms with van der Waals surface area (Å²) in [6, 6.07) is -1.27. The van der Waals surface area contributed by atoms with Gasteiger partial charge in [0.2, 0.25) is 11.8 Å². The molecule has 0 saturated carbocycles. The Morgan fingerprint density at radius 3 is 2.15 bits per heavy atom. The van der Waals surface area contributed by atoms with Gasteiger partial charge in [-0.15, -0.1) is 12.4 Å². The van der Waals surface area contributed by atoms with E-state index < -0.39 is 12.1 Å². The van der Waals surface area contributed by atoms with E-state index >= 15 is 0 Å². The number of aliphatic imine (C=N–C) groups is 1. The van der Waals surface area contributed by atoms with Crippen molar-refractivity contribution in [3.05, 3.63) is 0 Å². The minimum Gasteiger partial charge on any atom is -0.370 e. The van der Waals surface area contributed by atoms with E-state index in [0.29, 0.717) is 38.5 Å². The number of nitrogens with zero attached hydrogens (tertiary/aromatic N) is 1. The minimum absolute atomic E-state index is 0. The summed E-state index contributed by atoms with van der Waals surface area (Å²) in [6.45, 7) is 8.22. The molecular formula is C17H34ClN5O3. The molecule has 0 aromatic carbocycles. The van der Waals surface area contributed by atoms with Gasteiger partial charge < -0.3 is 26.9 Å². The number of halogens is 1. The molecule has 9 heteroatoms. The van der Waals surface area contributed by atoms with E-state index in [1.807, 2.05) is 27.7 Å². The zero-order chi connectivity index (χ0) is 19.4. The Kier molecular flexibility index (Phi) is 14.6. The number of nitrogens with two attached hydrogens (primary N) is 2. The fourth-order valence-electron chi connectivity index (χ4n) is 2.30. The van der Waals surface area contributed by atoms with Crippen molar-refractivity contribution in [3.63, 3.8) is 0 Å². The first kappa shape index (κ1) is 26.4. The van der Waals surface area contributed by atoms with Crippen molar-refractivity contribution >= 4 is 36.5 Å². The summed E-state index contributed by atoms with van der Waals surface area (Å²) in [5, 5.41) is 5.46. The lowest BCUT2D eigenvalue weighted by Crippen LogP contribution is -2.50. The Hall–Kier alpha value is -1.83. The Balaban J connectivity index is 0. The van der Waals surface area contributed by atoms with E-state index in [0.717, 1.165) is 0 Å². The largest absolute Gasteiger partial charge is 0.370 e. The van der Waals surface area contributed by atoms with Crippen LogP contribution in [0, 0.1) is 11.8 Å². The van der Waals surface area contributed by atoms with Crippen LogP contribution >= 0.6 is 12.4 Å². The van der Waals surface area contributed by atoms with Crippen LogP contribution < -0.4 is 22.1 Å². The molecule has 26 heavy (non-hydrogen) atoms. The van der Waals surface area contributed by atoms with Gasteiger partial charge in [-0.25, -0.2) is 0 Å². The maximum absolute atomic E-state index is 12.5. The third-order valence-corrected chi connectivity index (χ3v) is 3.41. The maximum Gasteiger partial charge on any atom is 0.243 e. The van der Waals surface area contributed by atoms with Crippen LogP contribution in [-0.4, -0.2) is 42.7 Å². The van der Waals surface area contributed by atoms with Gasteiger partial charge in [0.05, 0.1) is 6.04 Å². The van der Waals surface area contributed by atoms with E-state index in [9.17, 15) is 14.4 Å². The average molecular weight is 392 g/mol. The van der Waals surface area contributed by atoms with Gasteiger partial charge in [-0.05, 0) is 31.1 Å². The molecule has 0 fully saturated rings. The van der Waals surface area contributed by atoms with Crippen molar-refractivity contribution in [3.8, 4) is 0 Å². The fourth-order valence-corrected chi connectivity index (χ4v) is 2.30. The summed E-state index contributed by atoms with van der Waals surface area (Å²) in [5.74, 6) is -0.0693. The normalized spacial score (nSPS) is 12.7. The highest BCUT2D eigenvalue weighted by Crippen LogP contribution is 2.08. The predicted octanol–water partition coefficient (Wildman–Crippen LogP) is 0.723. The fraction of sp³-hybridized carbons (Fsp3) is 0.765. The molecule has 0 aromatic rings. The molecule has 0 radical (unpaired) electrons. The van der Waals surface area contributed by atoms with Crippen LogP contribution in [0.25, 0.3) is 0 Å². The van der Waals surface area contributed by atoms with Crippen molar-refractivity contribution in [1.29, 1.82) is 0 Å². The van der Waals surface area contributed by atoms with Crippen LogP contribution in [0.5, 0.6) is 0 Å². The molecular weight excluding hydrogens is 358 g/mol. The number of carbonyl (C=O) groups excluding carboxylic acids is 3. The SMILES string of the molecule is CC(C)CC(=O)N[C@@H](CC(C)C)C(=O)N[C@H](C=O)CCCN=C(N)N.Cl. The standard InChI is InChI=1S/C17H33N5O3.ClH/c1-11(2)8-14(22-15(24)9-12(3)4)16(25)21-13(10-23)6-5-7-20-17(18)19;/h10-14H,5-9H2,1-4H3,(H,21,25)(H,22,24)(H4,18,19,20);1H/t13-,14-;/m0./s1. The molecule has 0 spiro atoms. The van der Waals surface area contributed by atoms with Gasteiger partial charge in [0.25, 0.3) is 0 Å². The zero-order valence-corrected chi connectivity index (χ0v) is 17.0. The second-order valence-corrected chi connectivity index (χ2v) is 7.05. The van der Waals surface area contributed by atoms with E-state index in [4.69, 9.17) is 11.5 Å². The van der Waals surface area contributed by atoms with E-state index in [1.54, 1.807) is 0 Å². The first-order valence-corrected chi connectivity index (χ1v) is 8.76. The van der Waals surface area contributed by atoms with Gasteiger partial charge >= 0.3 is 0 Å². The van der Waals surface area contributed by atoms with Crippen molar-refractivity contribution in [2.75, 3.05) is 6.54 Å². The average Bonchev–Trinajstić information content (AvgIpc) is 2.47. The summed E-state index contributed by atoms with van der Waals surface area (Å²) in [4.78, 5) is 39.5. The molecule has 0 bridgehead atoms. The molecule has 152 valence electrons. The topological polar surface area (TPSA) is 140 Å². The highest BCUT2D eigenvalue weighted by Gasteiger charge is 2.24. The molecule has 2 atom stereocenters. The molecule has 0 unspecified atom stereocenters. The van der Waals surface area contributed by atoms with Gasteiger partial charge in [0, 0.05) is 13.0 Å². The molecule has 0 aliphatic heterocycles. The molecule has 0 heterocycles. The lowest BCUT2D eigenvalue weighted by molar-refractivity contribution is -0.130. The number of hydrogen-bond donors (Lipinski definition) is 4. The zero-order valence-electron chi connectivity index (χ0n) is 16.2. The molecule has 0 rings (SSSR count). The summed E-state index contributed by atoms with van der Waals surface area (Å²) < 4.78 is 0. The van der Waals surface area contributed by atoms with Crippen molar-refractivity contribution in [2.45, 2.75) is 65.5 Å². The molecule has 2 amide bonds. The summed E-state index contributed by atoms with van der Waals surface area (Å²) in [7, 11) is 0.